The minimum Gasteiger partial charge on any atom is -0.367 e. The highest BCUT2D eigenvalue weighted by Crippen LogP contribution is 2.42. The van der Waals surface area contributed by atoms with Gasteiger partial charge >= 0.3 is 6.18 Å². The van der Waals surface area contributed by atoms with Crippen LogP contribution in [0.5, 0.6) is 0 Å². The Bertz CT molecular complexity index is 1060. The topological polar surface area (TPSA) is 63.5 Å². The Labute approximate surface area is 164 Å². The molecule has 0 unspecified atom stereocenters. The van der Waals surface area contributed by atoms with Gasteiger partial charge in [-0.05, 0) is 43.6 Å². The molecule has 4 rings (SSSR count). The summed E-state index contributed by atoms with van der Waals surface area (Å²) in [5.74, 6) is 0.722. The van der Waals surface area contributed by atoms with Crippen molar-refractivity contribution in [3.8, 4) is 17.1 Å². The van der Waals surface area contributed by atoms with Crippen molar-refractivity contribution in [2.45, 2.75) is 44.9 Å². The van der Waals surface area contributed by atoms with Crippen LogP contribution in [0.1, 0.15) is 31.9 Å². The lowest BCUT2D eigenvalue weighted by Crippen LogP contribution is -2.38. The van der Waals surface area contributed by atoms with E-state index in [0.717, 1.165) is 22.4 Å². The molecule has 28 heavy (non-hydrogen) atoms. The summed E-state index contributed by atoms with van der Waals surface area (Å²) in [5.41, 5.74) is 2.37. The molecular formula is C18H19F3N6S. The molecule has 0 saturated heterocycles. The molecule has 0 saturated carbocycles. The number of hydrogen-bond donors (Lipinski definition) is 2. The summed E-state index contributed by atoms with van der Waals surface area (Å²) in [6, 6.07) is 5.70. The number of fused-ring (bicyclic) bond motifs is 1. The van der Waals surface area contributed by atoms with Gasteiger partial charge in [0.1, 0.15) is 5.82 Å². The van der Waals surface area contributed by atoms with Gasteiger partial charge in [0.15, 0.2) is 16.6 Å². The van der Waals surface area contributed by atoms with Gasteiger partial charge in [0, 0.05) is 6.04 Å². The number of aromatic nitrogens is 5. The van der Waals surface area contributed by atoms with E-state index in [2.05, 4.69) is 20.6 Å². The van der Waals surface area contributed by atoms with Gasteiger partial charge in [0.05, 0.1) is 17.4 Å². The molecule has 1 aliphatic heterocycles. The number of para-hydroxylation sites is 1. The molecule has 2 aromatic heterocycles. The molecule has 1 aliphatic rings. The third kappa shape index (κ3) is 3.01. The predicted molar refractivity (Wildman–Crippen MR) is 102 cm³/mol. The Morgan fingerprint density at radius 3 is 2.75 bits per heavy atom. The smallest absolute Gasteiger partial charge is 0.367 e. The predicted octanol–water partition coefficient (Wildman–Crippen LogP) is 4.66. The fraction of sp³-hybridized carbons (Fsp3) is 0.389. The largest absolute Gasteiger partial charge is 0.410 e. The first-order valence-corrected chi connectivity index (χ1v) is 9.39. The first-order valence-electron chi connectivity index (χ1n) is 8.98. The van der Waals surface area contributed by atoms with Crippen molar-refractivity contribution in [2.75, 3.05) is 5.32 Å². The second kappa shape index (κ2) is 6.77. The maximum Gasteiger partial charge on any atom is 0.410 e. The number of rotatable bonds is 3. The van der Waals surface area contributed by atoms with E-state index in [-0.39, 0.29) is 12.5 Å². The number of H-pyrrole nitrogens is 1. The monoisotopic (exact) mass is 408 g/mol. The van der Waals surface area contributed by atoms with Crippen molar-refractivity contribution < 1.29 is 13.2 Å². The lowest BCUT2D eigenvalue weighted by atomic mass is 10.0. The Balaban J connectivity index is 1.90. The minimum atomic E-state index is -4.38. The molecule has 10 heteroatoms. The van der Waals surface area contributed by atoms with Crippen LogP contribution in [0.25, 0.3) is 17.1 Å². The van der Waals surface area contributed by atoms with Crippen LogP contribution in [-0.2, 0) is 6.42 Å². The van der Waals surface area contributed by atoms with E-state index in [4.69, 9.17) is 12.2 Å². The van der Waals surface area contributed by atoms with E-state index in [1.54, 1.807) is 11.5 Å². The van der Waals surface area contributed by atoms with Gasteiger partial charge in [-0.1, -0.05) is 25.1 Å². The summed E-state index contributed by atoms with van der Waals surface area (Å²) < 4.78 is 43.7. The van der Waals surface area contributed by atoms with Crippen LogP contribution in [0, 0.1) is 4.77 Å². The zero-order valence-electron chi connectivity index (χ0n) is 15.3. The van der Waals surface area contributed by atoms with Crippen LogP contribution in [0.2, 0.25) is 0 Å². The number of halogens is 3. The van der Waals surface area contributed by atoms with Crippen LogP contribution >= 0.6 is 12.2 Å². The summed E-state index contributed by atoms with van der Waals surface area (Å²) in [7, 11) is 0. The summed E-state index contributed by atoms with van der Waals surface area (Å²) >= 11 is 5.41. The van der Waals surface area contributed by atoms with Crippen molar-refractivity contribution in [3.05, 3.63) is 40.8 Å². The van der Waals surface area contributed by atoms with E-state index in [1.807, 2.05) is 31.2 Å². The number of alkyl halides is 3. The fourth-order valence-electron chi connectivity index (χ4n) is 3.63. The quantitative estimate of drug-likeness (QED) is 0.619. The summed E-state index contributed by atoms with van der Waals surface area (Å²) in [5, 5.41) is 14.2. The van der Waals surface area contributed by atoms with Crippen LogP contribution in [0.15, 0.2) is 30.5 Å². The fourth-order valence-corrected chi connectivity index (χ4v) is 3.86. The van der Waals surface area contributed by atoms with E-state index >= 15 is 0 Å². The molecule has 2 N–H and O–H groups in total. The molecule has 6 nitrogen and oxygen atoms in total. The molecule has 3 aromatic rings. The number of hydrogen-bond acceptors (Lipinski definition) is 4. The number of aryl methyl sites for hydroxylation is 1. The molecular weight excluding hydrogens is 389 g/mol. The van der Waals surface area contributed by atoms with Gasteiger partial charge in [-0.2, -0.15) is 23.4 Å². The second-order valence-corrected chi connectivity index (χ2v) is 7.25. The molecule has 0 aliphatic carbocycles. The molecule has 0 bridgehead atoms. The van der Waals surface area contributed by atoms with Crippen molar-refractivity contribution in [3.63, 3.8) is 0 Å². The highest BCUT2D eigenvalue weighted by atomic mass is 32.1. The zero-order valence-corrected chi connectivity index (χ0v) is 16.1. The average molecular weight is 408 g/mol. The third-order valence-corrected chi connectivity index (χ3v) is 5.23. The number of aromatic amines is 1. The standard InChI is InChI=1S/C18H19F3N6S/c1-3-11-6-4-5-7-13(11)26-16(24-25-17(26)28)12-9-22-27-14(18(19,20)21)8-10(2)23-15(12)27/h4-7,9-10,14,23H,3,8H2,1-2H3,(H,25,28)/t10-,14+/m0/s1. The van der Waals surface area contributed by atoms with Gasteiger partial charge in [-0.3, -0.25) is 9.67 Å². The minimum absolute atomic E-state index is 0.0802. The molecule has 2 atom stereocenters. The zero-order chi connectivity index (χ0) is 20.1. The van der Waals surface area contributed by atoms with Gasteiger partial charge in [-0.15, -0.1) is 0 Å². The maximum atomic E-state index is 13.5. The van der Waals surface area contributed by atoms with Crippen LogP contribution < -0.4 is 5.32 Å². The van der Waals surface area contributed by atoms with Gasteiger partial charge in [0.25, 0.3) is 0 Å². The molecule has 148 valence electrons. The Morgan fingerprint density at radius 1 is 1.29 bits per heavy atom. The molecule has 1 aromatic carbocycles. The van der Waals surface area contributed by atoms with Gasteiger partial charge in [0.2, 0.25) is 0 Å². The number of nitrogens with one attached hydrogen (secondary N) is 2. The highest BCUT2D eigenvalue weighted by Gasteiger charge is 2.46. The lowest BCUT2D eigenvalue weighted by Gasteiger charge is -2.32. The number of nitrogens with zero attached hydrogens (tertiary/aromatic N) is 4. The van der Waals surface area contributed by atoms with E-state index in [0.29, 0.717) is 22.0 Å². The summed E-state index contributed by atoms with van der Waals surface area (Å²) in [4.78, 5) is 0. The lowest BCUT2D eigenvalue weighted by molar-refractivity contribution is -0.173. The molecule has 0 radical (unpaired) electrons. The normalized spacial score (nSPS) is 19.3. The molecule has 3 heterocycles. The summed E-state index contributed by atoms with van der Waals surface area (Å²) in [6.07, 6.45) is -2.27. The molecule has 0 amide bonds. The maximum absolute atomic E-state index is 13.5. The first kappa shape index (κ1) is 18.7. The van der Waals surface area contributed by atoms with Gasteiger partial charge < -0.3 is 5.32 Å². The van der Waals surface area contributed by atoms with Crippen molar-refractivity contribution in [1.29, 1.82) is 0 Å². The second-order valence-electron chi connectivity index (χ2n) is 6.86. The van der Waals surface area contributed by atoms with E-state index in [9.17, 15) is 13.2 Å². The van der Waals surface area contributed by atoms with E-state index in [1.165, 1.54) is 6.20 Å². The Morgan fingerprint density at radius 2 is 2.04 bits per heavy atom. The van der Waals surface area contributed by atoms with Crippen LogP contribution in [-0.4, -0.2) is 36.8 Å². The average Bonchev–Trinajstić information content (AvgIpc) is 3.23. The Kier molecular flexibility index (Phi) is 4.53. The number of benzene rings is 1. The highest BCUT2D eigenvalue weighted by molar-refractivity contribution is 7.71. The summed E-state index contributed by atoms with van der Waals surface area (Å²) in [6.45, 7) is 3.75. The van der Waals surface area contributed by atoms with Crippen LogP contribution in [0.3, 0.4) is 0 Å². The SMILES string of the molecule is CCc1ccccc1-n1c(-c2cnn3c2N[C@@H](C)C[C@@H]3C(F)(F)F)n[nH]c1=S. The van der Waals surface area contributed by atoms with Crippen LogP contribution in [0.4, 0.5) is 19.0 Å². The third-order valence-electron chi connectivity index (χ3n) is 4.96. The van der Waals surface area contributed by atoms with Crippen molar-refractivity contribution in [2.24, 2.45) is 0 Å². The number of anilines is 1. The molecule has 0 spiro atoms. The van der Waals surface area contributed by atoms with Gasteiger partial charge in [-0.25, -0.2) is 4.68 Å². The molecule has 0 fully saturated rings. The first-order chi connectivity index (χ1) is 13.3. The van der Waals surface area contributed by atoms with E-state index < -0.39 is 12.2 Å². The van der Waals surface area contributed by atoms with Crippen molar-refractivity contribution in [1.82, 2.24) is 24.5 Å². The van der Waals surface area contributed by atoms with Crippen molar-refractivity contribution >= 4 is 18.0 Å². The Hall–Kier alpha value is -2.62.